The zero-order chi connectivity index (χ0) is 19.1. The summed E-state index contributed by atoms with van der Waals surface area (Å²) in [5.74, 6) is 2.24. The summed E-state index contributed by atoms with van der Waals surface area (Å²) in [6.45, 7) is 6.69. The van der Waals surface area contributed by atoms with E-state index in [1.807, 2.05) is 24.5 Å². The lowest BCUT2D eigenvalue weighted by molar-refractivity contribution is 0.0985. The van der Waals surface area contributed by atoms with Crippen LogP contribution in [0.4, 0.5) is 5.82 Å². The van der Waals surface area contributed by atoms with Gasteiger partial charge in [0.1, 0.15) is 11.5 Å². The number of aromatic amines is 1. The molecule has 2 atom stereocenters. The van der Waals surface area contributed by atoms with Crippen LogP contribution in [-0.4, -0.2) is 70.8 Å². The van der Waals surface area contributed by atoms with Crippen LogP contribution in [0.25, 0.3) is 22.4 Å². The number of likely N-dealkylation sites (N-methyl/N-ethyl adjacent to an activating group) is 1. The van der Waals surface area contributed by atoms with Crippen molar-refractivity contribution in [2.75, 3.05) is 44.8 Å². The third-order valence-corrected chi connectivity index (χ3v) is 5.91. The van der Waals surface area contributed by atoms with Crippen molar-refractivity contribution in [2.24, 2.45) is 0 Å². The lowest BCUT2D eigenvalue weighted by atomic mass is 10.0. The molecule has 5 heterocycles. The number of aromatic nitrogens is 4. The number of fused-ring (bicyclic) bond motifs is 1. The van der Waals surface area contributed by atoms with Crippen molar-refractivity contribution >= 4 is 16.9 Å². The highest BCUT2D eigenvalue weighted by molar-refractivity contribution is 5.91. The molecule has 7 nitrogen and oxygen atoms in total. The van der Waals surface area contributed by atoms with E-state index in [9.17, 15) is 0 Å². The molecule has 2 fully saturated rings. The minimum atomic E-state index is 0.306. The molecule has 2 saturated heterocycles. The van der Waals surface area contributed by atoms with E-state index in [2.05, 4.69) is 39.8 Å². The second-order valence-corrected chi connectivity index (χ2v) is 7.94. The number of H-pyrrole nitrogens is 1. The second-order valence-electron chi connectivity index (χ2n) is 7.94. The first-order valence-corrected chi connectivity index (χ1v) is 10.0. The summed E-state index contributed by atoms with van der Waals surface area (Å²) in [5.41, 5.74) is 3.04. The van der Waals surface area contributed by atoms with Gasteiger partial charge in [-0.2, -0.15) is 0 Å². The topological polar surface area (TPSA) is 70.2 Å². The van der Waals surface area contributed by atoms with Gasteiger partial charge in [0.2, 0.25) is 0 Å². The van der Waals surface area contributed by atoms with Crippen molar-refractivity contribution in [3.05, 3.63) is 36.3 Å². The fourth-order valence-corrected chi connectivity index (χ4v) is 4.33. The first-order valence-electron chi connectivity index (χ1n) is 10.0. The zero-order valence-electron chi connectivity index (χ0n) is 16.4. The number of likely N-dealkylation sites (tertiary alicyclic amines) is 1. The molecule has 3 aromatic heterocycles. The summed E-state index contributed by atoms with van der Waals surface area (Å²) >= 11 is 0. The average Bonchev–Trinajstić information content (AvgIpc) is 3.36. The minimum Gasteiger partial charge on any atom is -0.377 e. The summed E-state index contributed by atoms with van der Waals surface area (Å²) in [5, 5.41) is 1.06. The van der Waals surface area contributed by atoms with Crippen LogP contribution >= 0.6 is 0 Å². The van der Waals surface area contributed by atoms with E-state index in [-0.39, 0.29) is 0 Å². The Hall–Kier alpha value is -2.51. The van der Waals surface area contributed by atoms with E-state index < -0.39 is 0 Å². The van der Waals surface area contributed by atoms with Gasteiger partial charge in [-0.1, -0.05) is 0 Å². The smallest absolute Gasteiger partial charge is 0.162 e. The molecule has 0 radical (unpaired) electrons. The average molecular weight is 378 g/mol. The quantitative estimate of drug-likeness (QED) is 0.756. The van der Waals surface area contributed by atoms with Crippen LogP contribution in [-0.2, 0) is 4.74 Å². The van der Waals surface area contributed by atoms with Gasteiger partial charge in [0.05, 0.1) is 24.9 Å². The first-order chi connectivity index (χ1) is 13.7. The Morgan fingerprint density at radius 3 is 2.96 bits per heavy atom. The van der Waals surface area contributed by atoms with E-state index in [4.69, 9.17) is 14.7 Å². The third kappa shape index (κ3) is 3.14. The van der Waals surface area contributed by atoms with Crippen molar-refractivity contribution in [3.8, 4) is 11.4 Å². The number of morpholine rings is 1. The maximum absolute atomic E-state index is 5.64. The van der Waals surface area contributed by atoms with E-state index in [0.717, 1.165) is 73.2 Å². The monoisotopic (exact) mass is 378 g/mol. The van der Waals surface area contributed by atoms with Crippen molar-refractivity contribution in [1.82, 2.24) is 24.8 Å². The number of rotatable bonds is 3. The molecular formula is C21H26N6O. The summed E-state index contributed by atoms with van der Waals surface area (Å²) in [4.78, 5) is 22.4. The van der Waals surface area contributed by atoms with Crippen molar-refractivity contribution in [2.45, 2.75) is 25.3 Å². The fourth-order valence-electron chi connectivity index (χ4n) is 4.33. The number of nitrogens with zero attached hydrogens (tertiary/aromatic N) is 5. The molecule has 0 amide bonds. The summed E-state index contributed by atoms with van der Waals surface area (Å²) in [6.07, 6.45) is 4.88. The van der Waals surface area contributed by atoms with Crippen LogP contribution in [0.2, 0.25) is 0 Å². The Morgan fingerprint density at radius 2 is 2.14 bits per heavy atom. The minimum absolute atomic E-state index is 0.306. The molecule has 5 rings (SSSR count). The molecule has 3 aromatic rings. The van der Waals surface area contributed by atoms with Gasteiger partial charge in [0.15, 0.2) is 5.82 Å². The zero-order valence-corrected chi connectivity index (χ0v) is 16.4. The predicted octanol–water partition coefficient (Wildman–Crippen LogP) is 2.66. The Balaban J connectivity index is 1.63. The summed E-state index contributed by atoms with van der Waals surface area (Å²) in [6, 6.07) is 6.57. The van der Waals surface area contributed by atoms with Crippen LogP contribution in [0, 0.1) is 0 Å². The highest BCUT2D eigenvalue weighted by atomic mass is 16.5. The van der Waals surface area contributed by atoms with Crippen LogP contribution in [0.3, 0.4) is 0 Å². The normalized spacial score (nSPS) is 23.6. The number of hydrogen-bond donors (Lipinski definition) is 1. The molecule has 1 unspecified atom stereocenters. The number of hydrogen-bond acceptors (Lipinski definition) is 6. The van der Waals surface area contributed by atoms with Gasteiger partial charge in [-0.15, -0.1) is 0 Å². The van der Waals surface area contributed by atoms with Crippen LogP contribution in [0.1, 0.15) is 25.0 Å². The summed E-state index contributed by atoms with van der Waals surface area (Å²) < 4.78 is 5.64. The highest BCUT2D eigenvalue weighted by Gasteiger charge is 2.27. The molecule has 2 aliphatic rings. The Bertz CT molecular complexity index is 986. The number of nitrogens with one attached hydrogen (secondary N) is 1. The second kappa shape index (κ2) is 7.14. The van der Waals surface area contributed by atoms with Crippen LogP contribution in [0.15, 0.2) is 30.6 Å². The lowest BCUT2D eigenvalue weighted by Crippen LogP contribution is -2.44. The molecule has 0 bridgehead atoms. The maximum Gasteiger partial charge on any atom is 0.162 e. The Kier molecular flexibility index (Phi) is 4.49. The first kappa shape index (κ1) is 17.6. The number of anilines is 1. The van der Waals surface area contributed by atoms with E-state index in [1.54, 1.807) is 0 Å². The molecule has 0 aromatic carbocycles. The molecule has 0 saturated carbocycles. The van der Waals surface area contributed by atoms with Crippen molar-refractivity contribution in [3.63, 3.8) is 0 Å². The van der Waals surface area contributed by atoms with E-state index in [0.29, 0.717) is 12.0 Å². The SMILES string of the molecule is C[C@@H]1COCCN1c1cc(C2CCN(C)C2)nc(-c2ccnc3[nH]ccc23)n1. The standard InChI is InChI=1S/C21H26N6O/c1-14-13-28-10-9-27(14)19-11-18(15-5-8-26(2)12-15)24-21(25-19)17-4-7-23-20-16(17)3-6-22-20/h3-4,6-7,11,14-15H,5,8-10,12-13H2,1-2H3,(H,22,23)/t14-,15?/m1/s1. The van der Waals surface area contributed by atoms with Gasteiger partial charge in [0, 0.05) is 48.4 Å². The molecule has 28 heavy (non-hydrogen) atoms. The van der Waals surface area contributed by atoms with Gasteiger partial charge >= 0.3 is 0 Å². The van der Waals surface area contributed by atoms with Crippen LogP contribution in [0.5, 0.6) is 0 Å². The van der Waals surface area contributed by atoms with Crippen molar-refractivity contribution < 1.29 is 4.74 Å². The predicted molar refractivity (Wildman–Crippen MR) is 110 cm³/mol. The Labute approximate surface area is 164 Å². The Morgan fingerprint density at radius 1 is 1.21 bits per heavy atom. The number of pyridine rings is 1. The van der Waals surface area contributed by atoms with Gasteiger partial charge < -0.3 is 19.5 Å². The lowest BCUT2D eigenvalue weighted by Gasteiger charge is -2.34. The van der Waals surface area contributed by atoms with Gasteiger partial charge in [-0.25, -0.2) is 15.0 Å². The molecule has 0 spiro atoms. The van der Waals surface area contributed by atoms with E-state index in [1.165, 1.54) is 0 Å². The molecule has 146 valence electrons. The third-order valence-electron chi connectivity index (χ3n) is 5.91. The summed E-state index contributed by atoms with van der Waals surface area (Å²) in [7, 11) is 2.18. The van der Waals surface area contributed by atoms with E-state index >= 15 is 0 Å². The fraction of sp³-hybridized carbons (Fsp3) is 0.476. The highest BCUT2D eigenvalue weighted by Crippen LogP contribution is 2.32. The van der Waals surface area contributed by atoms with Gasteiger partial charge in [0.25, 0.3) is 0 Å². The molecule has 1 N–H and O–H groups in total. The largest absolute Gasteiger partial charge is 0.377 e. The van der Waals surface area contributed by atoms with Gasteiger partial charge in [-0.3, -0.25) is 0 Å². The number of ether oxygens (including phenoxy) is 1. The molecule has 7 heteroatoms. The molecule has 2 aliphatic heterocycles. The molecule has 0 aliphatic carbocycles. The van der Waals surface area contributed by atoms with Crippen molar-refractivity contribution in [1.29, 1.82) is 0 Å². The van der Waals surface area contributed by atoms with Gasteiger partial charge in [-0.05, 0) is 39.1 Å². The molecular weight excluding hydrogens is 352 g/mol. The van der Waals surface area contributed by atoms with Crippen LogP contribution < -0.4 is 4.90 Å². The maximum atomic E-state index is 5.64.